The van der Waals surface area contributed by atoms with Crippen molar-refractivity contribution in [3.63, 3.8) is 0 Å². The van der Waals surface area contributed by atoms with Crippen molar-refractivity contribution in [3.05, 3.63) is 50.8 Å². The smallest absolute Gasteiger partial charge is 0.339 e. The first-order chi connectivity index (χ1) is 9.31. The van der Waals surface area contributed by atoms with Crippen LogP contribution in [0.2, 0.25) is 0 Å². The zero-order valence-electron chi connectivity index (χ0n) is 11.2. The van der Waals surface area contributed by atoms with Gasteiger partial charge in [0.2, 0.25) is 0 Å². The zero-order chi connectivity index (χ0) is 15.0. The Labute approximate surface area is 114 Å². The minimum atomic E-state index is -1.06. The van der Waals surface area contributed by atoms with Gasteiger partial charge in [0.05, 0.1) is 22.0 Å². The first-order valence-electron chi connectivity index (χ1n) is 5.87. The van der Waals surface area contributed by atoms with Crippen LogP contribution in [0.3, 0.4) is 0 Å². The van der Waals surface area contributed by atoms with Crippen LogP contribution in [0.25, 0.3) is 5.69 Å². The quantitative estimate of drug-likeness (QED) is 0.685. The molecule has 0 saturated carbocycles. The predicted molar refractivity (Wildman–Crippen MR) is 71.4 cm³/mol. The van der Waals surface area contributed by atoms with Crippen LogP contribution < -0.4 is 0 Å². The Hall–Kier alpha value is -2.70. The summed E-state index contributed by atoms with van der Waals surface area (Å²) >= 11 is 0. The van der Waals surface area contributed by atoms with Crippen molar-refractivity contribution in [2.75, 3.05) is 0 Å². The van der Waals surface area contributed by atoms with Crippen molar-refractivity contribution in [2.24, 2.45) is 0 Å². The maximum absolute atomic E-state index is 11.2. The van der Waals surface area contributed by atoms with E-state index in [0.717, 1.165) is 0 Å². The number of aryl methyl sites for hydroxylation is 2. The number of carboxylic acids is 1. The summed E-state index contributed by atoms with van der Waals surface area (Å²) in [5, 5.41) is 24.2. The second kappa shape index (κ2) is 4.76. The van der Waals surface area contributed by atoms with Crippen molar-refractivity contribution in [1.82, 2.24) is 9.78 Å². The molecular weight excluding hydrogens is 262 g/mol. The number of benzene rings is 1. The largest absolute Gasteiger partial charge is 0.478 e. The molecule has 0 spiro atoms. The molecule has 2 rings (SSSR count). The van der Waals surface area contributed by atoms with Crippen molar-refractivity contribution in [3.8, 4) is 5.69 Å². The van der Waals surface area contributed by atoms with Gasteiger partial charge in [0.25, 0.3) is 5.69 Å². The molecule has 20 heavy (non-hydrogen) atoms. The Morgan fingerprint density at radius 1 is 1.30 bits per heavy atom. The number of nitro groups is 1. The molecule has 0 amide bonds. The van der Waals surface area contributed by atoms with Crippen LogP contribution >= 0.6 is 0 Å². The highest BCUT2D eigenvalue weighted by Crippen LogP contribution is 2.23. The number of aromatic nitrogens is 2. The van der Waals surface area contributed by atoms with Crippen LogP contribution in [-0.2, 0) is 0 Å². The summed E-state index contributed by atoms with van der Waals surface area (Å²) in [5.74, 6) is -1.06. The van der Waals surface area contributed by atoms with E-state index in [9.17, 15) is 14.9 Å². The SMILES string of the molecule is Cc1cc(-n2nc(C)c(C(=O)O)c2C)cc([N+](=O)[O-])c1. The molecule has 1 N–H and O–H groups in total. The van der Waals surface area contributed by atoms with E-state index in [0.29, 0.717) is 22.6 Å². The highest BCUT2D eigenvalue weighted by atomic mass is 16.6. The van der Waals surface area contributed by atoms with Gasteiger partial charge in [0, 0.05) is 12.1 Å². The van der Waals surface area contributed by atoms with E-state index in [-0.39, 0.29) is 11.3 Å². The molecular formula is C13H13N3O4. The summed E-state index contributed by atoms with van der Waals surface area (Å²) < 4.78 is 1.42. The van der Waals surface area contributed by atoms with Crippen LogP contribution in [0.4, 0.5) is 5.69 Å². The van der Waals surface area contributed by atoms with Crippen molar-refractivity contribution >= 4 is 11.7 Å². The van der Waals surface area contributed by atoms with Gasteiger partial charge in [-0.15, -0.1) is 0 Å². The minimum absolute atomic E-state index is 0.0515. The number of hydrogen-bond donors (Lipinski definition) is 1. The second-order valence-corrected chi connectivity index (χ2v) is 4.55. The molecule has 0 aliphatic carbocycles. The molecule has 0 bridgehead atoms. The Morgan fingerprint density at radius 2 is 1.95 bits per heavy atom. The summed E-state index contributed by atoms with van der Waals surface area (Å²) in [5.41, 5.74) is 2.07. The average Bonchev–Trinajstić information content (AvgIpc) is 2.63. The number of carboxylic acid groups (broad SMARTS) is 1. The first-order valence-corrected chi connectivity index (χ1v) is 5.87. The standard InChI is InChI=1S/C13H13N3O4/c1-7-4-10(6-11(5-7)16(19)20)15-9(3)12(13(17)18)8(2)14-15/h4-6H,1-3H3,(H,17,18). The van der Waals surface area contributed by atoms with Gasteiger partial charge in [-0.2, -0.15) is 5.10 Å². The monoisotopic (exact) mass is 275 g/mol. The van der Waals surface area contributed by atoms with Crippen molar-refractivity contribution in [2.45, 2.75) is 20.8 Å². The average molecular weight is 275 g/mol. The molecule has 7 nitrogen and oxygen atoms in total. The highest BCUT2D eigenvalue weighted by molar-refractivity contribution is 5.90. The Morgan fingerprint density at radius 3 is 2.45 bits per heavy atom. The summed E-state index contributed by atoms with van der Waals surface area (Å²) in [4.78, 5) is 21.6. The van der Waals surface area contributed by atoms with Gasteiger partial charge in [-0.05, 0) is 32.4 Å². The van der Waals surface area contributed by atoms with Crippen LogP contribution in [0.5, 0.6) is 0 Å². The van der Waals surface area contributed by atoms with E-state index in [1.54, 1.807) is 26.8 Å². The third-order valence-corrected chi connectivity index (χ3v) is 3.01. The Bertz CT molecular complexity index is 719. The van der Waals surface area contributed by atoms with Gasteiger partial charge in [-0.25, -0.2) is 9.48 Å². The van der Waals surface area contributed by atoms with Gasteiger partial charge in [-0.3, -0.25) is 10.1 Å². The van der Waals surface area contributed by atoms with E-state index in [1.807, 2.05) is 0 Å². The molecule has 1 aromatic heterocycles. The lowest BCUT2D eigenvalue weighted by Crippen LogP contribution is -2.03. The molecule has 0 atom stereocenters. The van der Waals surface area contributed by atoms with E-state index in [1.165, 1.54) is 16.8 Å². The maximum atomic E-state index is 11.2. The number of aromatic carboxylic acids is 1. The number of nitro benzene ring substituents is 1. The molecule has 0 radical (unpaired) electrons. The van der Waals surface area contributed by atoms with E-state index < -0.39 is 10.9 Å². The molecule has 104 valence electrons. The van der Waals surface area contributed by atoms with E-state index in [2.05, 4.69) is 5.10 Å². The molecule has 1 aromatic carbocycles. The molecule has 1 heterocycles. The molecule has 7 heteroatoms. The molecule has 0 unspecified atom stereocenters. The molecule has 0 aliphatic heterocycles. The molecule has 0 saturated heterocycles. The van der Waals surface area contributed by atoms with Crippen LogP contribution in [0, 0.1) is 30.9 Å². The van der Waals surface area contributed by atoms with Gasteiger partial charge >= 0.3 is 5.97 Å². The van der Waals surface area contributed by atoms with Crippen LogP contribution in [0.15, 0.2) is 18.2 Å². The number of carbonyl (C=O) groups is 1. The van der Waals surface area contributed by atoms with Crippen LogP contribution in [-0.4, -0.2) is 25.8 Å². The van der Waals surface area contributed by atoms with Crippen molar-refractivity contribution < 1.29 is 14.8 Å². The predicted octanol–water partition coefficient (Wildman–Crippen LogP) is 2.40. The fourth-order valence-electron chi connectivity index (χ4n) is 2.17. The maximum Gasteiger partial charge on any atom is 0.339 e. The van der Waals surface area contributed by atoms with Gasteiger partial charge in [-0.1, -0.05) is 0 Å². The van der Waals surface area contributed by atoms with E-state index in [4.69, 9.17) is 5.11 Å². The van der Waals surface area contributed by atoms with Crippen LogP contribution in [0.1, 0.15) is 27.3 Å². The Kier molecular flexibility index (Phi) is 3.27. The lowest BCUT2D eigenvalue weighted by molar-refractivity contribution is -0.384. The lowest BCUT2D eigenvalue weighted by atomic mass is 10.1. The normalized spacial score (nSPS) is 10.6. The summed E-state index contributed by atoms with van der Waals surface area (Å²) in [6.45, 7) is 4.95. The van der Waals surface area contributed by atoms with Gasteiger partial charge in [0.1, 0.15) is 5.56 Å². The fraction of sp³-hybridized carbons (Fsp3) is 0.231. The van der Waals surface area contributed by atoms with E-state index >= 15 is 0 Å². The minimum Gasteiger partial charge on any atom is -0.478 e. The highest BCUT2D eigenvalue weighted by Gasteiger charge is 2.19. The number of rotatable bonds is 3. The fourth-order valence-corrected chi connectivity index (χ4v) is 2.17. The summed E-state index contributed by atoms with van der Waals surface area (Å²) in [6, 6.07) is 4.55. The summed E-state index contributed by atoms with van der Waals surface area (Å²) in [7, 11) is 0. The first kappa shape index (κ1) is 13.7. The second-order valence-electron chi connectivity index (χ2n) is 4.55. The lowest BCUT2D eigenvalue weighted by Gasteiger charge is -2.06. The van der Waals surface area contributed by atoms with Crippen molar-refractivity contribution in [1.29, 1.82) is 0 Å². The number of nitrogens with zero attached hydrogens (tertiary/aromatic N) is 3. The third-order valence-electron chi connectivity index (χ3n) is 3.01. The Balaban J connectivity index is 2.66. The molecule has 0 fully saturated rings. The third kappa shape index (κ3) is 2.25. The number of hydrogen-bond acceptors (Lipinski definition) is 4. The van der Waals surface area contributed by atoms with Gasteiger partial charge in [0.15, 0.2) is 0 Å². The number of non-ortho nitro benzene ring substituents is 1. The topological polar surface area (TPSA) is 98.3 Å². The molecule has 0 aliphatic rings. The summed E-state index contributed by atoms with van der Waals surface area (Å²) in [6.07, 6.45) is 0. The zero-order valence-corrected chi connectivity index (χ0v) is 11.2. The van der Waals surface area contributed by atoms with Gasteiger partial charge < -0.3 is 5.11 Å². The molecule has 2 aromatic rings.